The van der Waals surface area contributed by atoms with Crippen LogP contribution in [0.1, 0.15) is 42.0 Å². The number of benzene rings is 2. The molecule has 170 valence electrons. The molecule has 2 amide bonds. The van der Waals surface area contributed by atoms with E-state index in [1.807, 2.05) is 30.3 Å². The van der Waals surface area contributed by atoms with E-state index in [2.05, 4.69) is 0 Å². The normalized spacial score (nSPS) is 21.6. The lowest BCUT2D eigenvalue weighted by Gasteiger charge is -2.15. The number of pyridine rings is 1. The summed E-state index contributed by atoms with van der Waals surface area (Å²) in [5.41, 5.74) is 9.37. The number of halogens is 1. The molecule has 2 aliphatic carbocycles. The zero-order valence-corrected chi connectivity index (χ0v) is 17.9. The predicted octanol–water partition coefficient (Wildman–Crippen LogP) is 3.37. The van der Waals surface area contributed by atoms with E-state index < -0.39 is 29.0 Å². The van der Waals surface area contributed by atoms with Crippen molar-refractivity contribution in [3.05, 3.63) is 71.2 Å². The molecule has 2 aromatic carbocycles. The van der Waals surface area contributed by atoms with Crippen molar-refractivity contribution in [1.82, 2.24) is 10.5 Å². The monoisotopic (exact) mass is 449 g/mol. The number of fused-ring (bicyclic) bond motifs is 1. The van der Waals surface area contributed by atoms with Gasteiger partial charge in [0.25, 0.3) is 0 Å². The van der Waals surface area contributed by atoms with Crippen molar-refractivity contribution in [2.45, 2.75) is 38.2 Å². The Labute approximate surface area is 189 Å². The molecule has 2 saturated carbocycles. The summed E-state index contributed by atoms with van der Waals surface area (Å²) in [5.74, 6) is -2.00. The molecule has 0 aliphatic heterocycles. The van der Waals surface area contributed by atoms with Crippen LogP contribution in [0.4, 0.5) is 4.39 Å². The Hall–Kier alpha value is -3.52. The number of ether oxygens (including phenoxy) is 1. The molecule has 33 heavy (non-hydrogen) atoms. The highest BCUT2D eigenvalue weighted by molar-refractivity contribution is 5.95. The van der Waals surface area contributed by atoms with E-state index in [4.69, 9.17) is 20.7 Å². The summed E-state index contributed by atoms with van der Waals surface area (Å²) in [4.78, 5) is 28.4. The zero-order valence-electron chi connectivity index (χ0n) is 17.9. The van der Waals surface area contributed by atoms with E-state index in [1.165, 1.54) is 12.1 Å². The molecule has 0 unspecified atom stereocenters. The van der Waals surface area contributed by atoms with Gasteiger partial charge in [0.1, 0.15) is 6.61 Å². The molecule has 3 aromatic rings. The average molecular weight is 449 g/mol. The molecular weight excluding hydrogens is 425 g/mol. The number of amides is 2. The number of carbonyl (C=O) groups is 2. The first-order valence-corrected chi connectivity index (χ1v) is 10.9. The van der Waals surface area contributed by atoms with Crippen LogP contribution in [0, 0.1) is 17.2 Å². The molecule has 0 bridgehead atoms. The van der Waals surface area contributed by atoms with Crippen molar-refractivity contribution in [1.29, 1.82) is 0 Å². The van der Waals surface area contributed by atoms with Crippen molar-refractivity contribution in [2.24, 2.45) is 17.1 Å². The van der Waals surface area contributed by atoms with Gasteiger partial charge in [0.15, 0.2) is 11.6 Å². The third kappa shape index (κ3) is 4.02. The maximum atomic E-state index is 14.8. The van der Waals surface area contributed by atoms with Crippen molar-refractivity contribution in [3.8, 4) is 5.75 Å². The Morgan fingerprint density at radius 2 is 2.00 bits per heavy atom. The SMILES string of the molecule is NC(=O)[C@@]1(Cc2ccc(OCc3cc(C4CC4)nc4ccccc34)c(F)c2)C[C@@H]1C(=O)NO. The van der Waals surface area contributed by atoms with Crippen LogP contribution in [-0.2, 0) is 22.6 Å². The minimum Gasteiger partial charge on any atom is -0.486 e. The van der Waals surface area contributed by atoms with Gasteiger partial charge < -0.3 is 10.5 Å². The van der Waals surface area contributed by atoms with Gasteiger partial charge in [-0.2, -0.15) is 0 Å². The molecule has 8 heteroatoms. The van der Waals surface area contributed by atoms with E-state index >= 15 is 0 Å². The molecule has 2 aliphatic rings. The van der Waals surface area contributed by atoms with Gasteiger partial charge in [0, 0.05) is 22.6 Å². The number of nitrogens with two attached hydrogens (primary N) is 1. The fraction of sp³-hybridized carbons (Fsp3) is 0.320. The highest BCUT2D eigenvalue weighted by Gasteiger charge is 2.62. The van der Waals surface area contributed by atoms with Gasteiger partial charge in [-0.15, -0.1) is 0 Å². The topological polar surface area (TPSA) is 115 Å². The van der Waals surface area contributed by atoms with Crippen LogP contribution in [0.3, 0.4) is 0 Å². The molecule has 2 atom stereocenters. The summed E-state index contributed by atoms with van der Waals surface area (Å²) in [6, 6.07) is 14.4. The van der Waals surface area contributed by atoms with E-state index in [9.17, 15) is 14.0 Å². The molecule has 5 rings (SSSR count). The van der Waals surface area contributed by atoms with Gasteiger partial charge in [-0.1, -0.05) is 24.3 Å². The first-order chi connectivity index (χ1) is 15.9. The zero-order chi connectivity index (χ0) is 23.2. The lowest BCUT2D eigenvalue weighted by molar-refractivity contribution is -0.134. The molecule has 7 nitrogen and oxygen atoms in total. The highest BCUT2D eigenvalue weighted by atomic mass is 19.1. The smallest absolute Gasteiger partial charge is 0.247 e. The molecule has 0 radical (unpaired) electrons. The van der Waals surface area contributed by atoms with Gasteiger partial charge in [-0.25, -0.2) is 9.87 Å². The average Bonchev–Trinajstić information content (AvgIpc) is 3.73. The quantitative estimate of drug-likeness (QED) is 0.360. The second-order valence-electron chi connectivity index (χ2n) is 8.98. The summed E-state index contributed by atoms with van der Waals surface area (Å²) in [6.45, 7) is 0.197. The Morgan fingerprint density at radius 3 is 2.70 bits per heavy atom. The fourth-order valence-corrected chi connectivity index (χ4v) is 4.55. The van der Waals surface area contributed by atoms with Crippen LogP contribution < -0.4 is 16.0 Å². The maximum Gasteiger partial charge on any atom is 0.247 e. The molecule has 2 fully saturated rings. The van der Waals surface area contributed by atoms with Gasteiger partial charge in [-0.3, -0.25) is 19.8 Å². The van der Waals surface area contributed by atoms with Crippen LogP contribution in [0.25, 0.3) is 10.9 Å². The lowest BCUT2D eigenvalue weighted by Crippen LogP contribution is -2.33. The Bertz CT molecular complexity index is 1260. The largest absolute Gasteiger partial charge is 0.486 e. The minimum absolute atomic E-state index is 0.0983. The first-order valence-electron chi connectivity index (χ1n) is 10.9. The van der Waals surface area contributed by atoms with Crippen molar-refractivity contribution in [3.63, 3.8) is 0 Å². The summed E-state index contributed by atoms with van der Waals surface area (Å²) >= 11 is 0. The molecule has 4 N–H and O–H groups in total. The summed E-state index contributed by atoms with van der Waals surface area (Å²) in [6.07, 6.45) is 2.59. The molecule has 0 saturated heterocycles. The number of nitrogens with zero attached hydrogens (tertiary/aromatic N) is 1. The minimum atomic E-state index is -1.11. The van der Waals surface area contributed by atoms with Gasteiger partial charge >= 0.3 is 0 Å². The Balaban J connectivity index is 1.33. The number of hydrogen-bond acceptors (Lipinski definition) is 5. The van der Waals surface area contributed by atoms with Crippen LogP contribution in [0.5, 0.6) is 5.75 Å². The number of hydroxylamine groups is 1. The molecular formula is C25H24FN3O4. The second-order valence-corrected chi connectivity index (χ2v) is 8.98. The summed E-state index contributed by atoms with van der Waals surface area (Å²) < 4.78 is 20.6. The molecule has 1 aromatic heterocycles. The van der Waals surface area contributed by atoms with Crippen LogP contribution in [0.15, 0.2) is 48.5 Å². The van der Waals surface area contributed by atoms with Crippen molar-refractivity contribution in [2.75, 3.05) is 0 Å². The van der Waals surface area contributed by atoms with Crippen molar-refractivity contribution < 1.29 is 23.9 Å². The van der Waals surface area contributed by atoms with E-state index in [-0.39, 0.29) is 25.2 Å². The maximum absolute atomic E-state index is 14.8. The number of carbonyl (C=O) groups excluding carboxylic acids is 2. The fourth-order valence-electron chi connectivity index (χ4n) is 4.55. The standard InChI is InChI=1S/C25H24FN3O4/c26-19-9-14(11-25(24(27)31)12-18(25)23(30)29-32)5-8-22(19)33-13-16-10-21(15-6-7-15)28-20-4-2-1-3-17(16)20/h1-5,8-10,15,18,32H,6-7,11-13H2,(H2,27,31)(H,29,30)/t18-,25+/m1/s1. The van der Waals surface area contributed by atoms with Crippen LogP contribution in [-0.4, -0.2) is 22.0 Å². The summed E-state index contributed by atoms with van der Waals surface area (Å²) in [5, 5.41) is 9.82. The Kier molecular flexibility index (Phi) is 5.25. The third-order valence-corrected chi connectivity index (χ3v) is 6.71. The third-order valence-electron chi connectivity index (χ3n) is 6.71. The lowest BCUT2D eigenvalue weighted by atomic mass is 9.92. The van der Waals surface area contributed by atoms with E-state index in [0.717, 1.165) is 35.0 Å². The number of hydrogen-bond donors (Lipinski definition) is 3. The van der Waals surface area contributed by atoms with Crippen LogP contribution in [0.2, 0.25) is 0 Å². The van der Waals surface area contributed by atoms with E-state index in [0.29, 0.717) is 11.5 Å². The number of para-hydroxylation sites is 1. The molecule has 1 heterocycles. The second kappa shape index (κ2) is 8.12. The molecule has 0 spiro atoms. The Morgan fingerprint density at radius 1 is 1.21 bits per heavy atom. The summed E-state index contributed by atoms with van der Waals surface area (Å²) in [7, 11) is 0. The van der Waals surface area contributed by atoms with E-state index in [1.54, 1.807) is 11.5 Å². The highest BCUT2D eigenvalue weighted by Crippen LogP contribution is 2.54. The first kappa shape index (κ1) is 21.3. The predicted molar refractivity (Wildman–Crippen MR) is 118 cm³/mol. The van der Waals surface area contributed by atoms with Crippen LogP contribution >= 0.6 is 0 Å². The van der Waals surface area contributed by atoms with Crippen molar-refractivity contribution >= 4 is 22.7 Å². The van der Waals surface area contributed by atoms with Gasteiger partial charge in [-0.05, 0) is 55.5 Å². The number of rotatable bonds is 8. The number of aromatic nitrogens is 1. The number of nitrogens with one attached hydrogen (secondary N) is 1. The number of primary amides is 1. The van der Waals surface area contributed by atoms with Gasteiger partial charge in [0.2, 0.25) is 11.8 Å². The van der Waals surface area contributed by atoms with Gasteiger partial charge in [0.05, 0.1) is 16.8 Å².